The summed E-state index contributed by atoms with van der Waals surface area (Å²) in [5, 5.41) is 24.3. The zero-order valence-corrected chi connectivity index (χ0v) is 18.3. The predicted molar refractivity (Wildman–Crippen MR) is 118 cm³/mol. The van der Waals surface area contributed by atoms with Crippen molar-refractivity contribution in [3.63, 3.8) is 0 Å². The van der Waals surface area contributed by atoms with Gasteiger partial charge in [-0.05, 0) is 59.0 Å². The molecular formula is C24H18F4N6O. The van der Waals surface area contributed by atoms with E-state index in [1.54, 1.807) is 19.2 Å². The van der Waals surface area contributed by atoms with E-state index in [2.05, 4.69) is 37.7 Å². The predicted octanol–water partition coefficient (Wildman–Crippen LogP) is 3.47. The van der Waals surface area contributed by atoms with Crippen LogP contribution in [0.4, 0.5) is 23.2 Å². The molecule has 0 saturated heterocycles. The number of aliphatic hydroxyl groups is 1. The Bertz CT molecular complexity index is 1370. The van der Waals surface area contributed by atoms with E-state index in [-0.39, 0.29) is 0 Å². The van der Waals surface area contributed by atoms with Crippen molar-refractivity contribution in [1.82, 2.24) is 25.2 Å². The molecule has 11 heteroatoms. The van der Waals surface area contributed by atoms with Crippen LogP contribution in [0.15, 0.2) is 67.1 Å². The Labute approximate surface area is 197 Å². The largest absolute Gasteiger partial charge is 0.388 e. The second-order valence-corrected chi connectivity index (χ2v) is 7.58. The van der Waals surface area contributed by atoms with Gasteiger partial charge in [-0.25, -0.2) is 13.5 Å². The fourth-order valence-electron chi connectivity index (χ4n) is 3.40. The van der Waals surface area contributed by atoms with Crippen LogP contribution >= 0.6 is 0 Å². The summed E-state index contributed by atoms with van der Waals surface area (Å²) in [5.74, 6) is -0.742. The van der Waals surface area contributed by atoms with Crippen LogP contribution < -0.4 is 5.32 Å². The van der Waals surface area contributed by atoms with E-state index in [1.807, 2.05) is 12.1 Å². The Balaban J connectivity index is 1.68. The standard InChI is InChI=1S/C24H18F4N6O/c1-29-19-8-4-16(5-9-19)2-3-17-6-11-22(30-13-17)24(27,28)23(35,14-34-15-31-32-33-34)20-10-7-18(25)12-21(20)26/h4-13,15,29,35H,14H2,1H3. The maximum atomic E-state index is 15.7. The number of nitrogens with zero attached hydrogens (tertiary/aromatic N) is 5. The highest BCUT2D eigenvalue weighted by Crippen LogP contribution is 2.46. The second-order valence-electron chi connectivity index (χ2n) is 7.58. The number of alkyl halides is 2. The molecule has 0 bridgehead atoms. The number of nitrogens with one attached hydrogen (secondary N) is 1. The fraction of sp³-hybridized carbons (Fsp3) is 0.167. The molecule has 0 amide bonds. The smallest absolute Gasteiger partial charge is 0.323 e. The third kappa shape index (κ3) is 4.83. The summed E-state index contributed by atoms with van der Waals surface area (Å²) in [6.45, 7) is -0.929. The van der Waals surface area contributed by atoms with Gasteiger partial charge in [0, 0.05) is 41.7 Å². The molecule has 0 aliphatic carbocycles. The number of rotatable bonds is 6. The van der Waals surface area contributed by atoms with Gasteiger partial charge in [0.1, 0.15) is 23.7 Å². The van der Waals surface area contributed by atoms with Crippen LogP contribution in [0, 0.1) is 23.5 Å². The minimum Gasteiger partial charge on any atom is -0.388 e. The first-order chi connectivity index (χ1) is 16.7. The summed E-state index contributed by atoms with van der Waals surface area (Å²) in [5.41, 5.74) is -2.92. The quantitative estimate of drug-likeness (QED) is 0.323. The van der Waals surface area contributed by atoms with Crippen molar-refractivity contribution < 1.29 is 22.7 Å². The minimum absolute atomic E-state index is 0.347. The number of benzene rings is 2. The normalized spacial score (nSPS) is 13.0. The van der Waals surface area contributed by atoms with Crippen molar-refractivity contribution in [2.75, 3.05) is 12.4 Å². The Morgan fingerprint density at radius 2 is 1.71 bits per heavy atom. The lowest BCUT2D eigenvalue weighted by molar-refractivity contribution is -0.207. The highest BCUT2D eigenvalue weighted by molar-refractivity contribution is 5.49. The number of pyridine rings is 1. The van der Waals surface area contributed by atoms with Crippen molar-refractivity contribution in [1.29, 1.82) is 0 Å². The summed E-state index contributed by atoms with van der Waals surface area (Å²) < 4.78 is 60.2. The van der Waals surface area contributed by atoms with Crippen molar-refractivity contribution in [2.45, 2.75) is 18.1 Å². The lowest BCUT2D eigenvalue weighted by Crippen LogP contribution is -2.48. The van der Waals surface area contributed by atoms with Crippen LogP contribution in [0.1, 0.15) is 22.4 Å². The molecule has 0 aliphatic heterocycles. The van der Waals surface area contributed by atoms with Gasteiger partial charge in [0.25, 0.3) is 0 Å². The average molecular weight is 482 g/mol. The topological polar surface area (TPSA) is 88.8 Å². The Hall–Kier alpha value is -4.30. The summed E-state index contributed by atoms with van der Waals surface area (Å²) in [6.07, 6.45) is 2.11. The Morgan fingerprint density at radius 3 is 2.31 bits per heavy atom. The first-order valence-electron chi connectivity index (χ1n) is 10.3. The first-order valence-corrected chi connectivity index (χ1v) is 10.3. The highest BCUT2D eigenvalue weighted by Gasteiger charge is 2.57. The minimum atomic E-state index is -4.13. The van der Waals surface area contributed by atoms with Gasteiger partial charge in [0.2, 0.25) is 0 Å². The molecule has 2 aromatic carbocycles. The van der Waals surface area contributed by atoms with Crippen molar-refractivity contribution in [2.24, 2.45) is 0 Å². The third-order valence-electron chi connectivity index (χ3n) is 5.29. The van der Waals surface area contributed by atoms with Gasteiger partial charge in [0.15, 0.2) is 5.60 Å². The van der Waals surface area contributed by atoms with E-state index in [0.717, 1.165) is 41.1 Å². The van der Waals surface area contributed by atoms with Gasteiger partial charge in [-0.15, -0.1) is 5.10 Å². The van der Waals surface area contributed by atoms with Crippen LogP contribution in [0.2, 0.25) is 0 Å². The number of hydrogen-bond acceptors (Lipinski definition) is 6. The van der Waals surface area contributed by atoms with Crippen molar-refractivity contribution in [3.8, 4) is 11.8 Å². The third-order valence-corrected chi connectivity index (χ3v) is 5.29. The molecule has 1 unspecified atom stereocenters. The summed E-state index contributed by atoms with van der Waals surface area (Å²) in [6, 6.07) is 11.5. The zero-order valence-electron chi connectivity index (χ0n) is 18.3. The van der Waals surface area contributed by atoms with Crippen molar-refractivity contribution in [3.05, 3.63) is 101 Å². The summed E-state index contributed by atoms with van der Waals surface area (Å²) >= 11 is 0. The number of hydrogen-bond donors (Lipinski definition) is 2. The molecule has 0 spiro atoms. The zero-order chi connectivity index (χ0) is 25.1. The van der Waals surface area contributed by atoms with E-state index < -0.39 is 41.0 Å². The monoisotopic (exact) mass is 482 g/mol. The van der Waals surface area contributed by atoms with E-state index in [4.69, 9.17) is 0 Å². The molecule has 1 atom stereocenters. The highest BCUT2D eigenvalue weighted by atomic mass is 19.3. The molecule has 2 heterocycles. The van der Waals surface area contributed by atoms with Crippen LogP contribution in [-0.4, -0.2) is 37.3 Å². The molecule has 0 fully saturated rings. The van der Waals surface area contributed by atoms with E-state index in [9.17, 15) is 13.9 Å². The Morgan fingerprint density at radius 1 is 1.00 bits per heavy atom. The van der Waals surface area contributed by atoms with Gasteiger partial charge >= 0.3 is 5.92 Å². The summed E-state index contributed by atoms with van der Waals surface area (Å²) in [7, 11) is 1.79. The fourth-order valence-corrected chi connectivity index (χ4v) is 3.40. The molecule has 0 aliphatic rings. The molecule has 178 valence electrons. The average Bonchev–Trinajstić information content (AvgIpc) is 3.36. The molecule has 35 heavy (non-hydrogen) atoms. The number of aromatic nitrogens is 5. The molecule has 0 saturated carbocycles. The van der Waals surface area contributed by atoms with Crippen LogP contribution in [-0.2, 0) is 18.1 Å². The molecule has 0 radical (unpaired) electrons. The van der Waals surface area contributed by atoms with Gasteiger partial charge in [-0.2, -0.15) is 8.78 Å². The lowest BCUT2D eigenvalue weighted by Gasteiger charge is -2.35. The second kappa shape index (κ2) is 9.52. The molecule has 7 nitrogen and oxygen atoms in total. The van der Waals surface area contributed by atoms with Crippen molar-refractivity contribution >= 4 is 5.69 Å². The van der Waals surface area contributed by atoms with E-state index >= 15 is 8.78 Å². The van der Waals surface area contributed by atoms with E-state index in [0.29, 0.717) is 17.2 Å². The van der Waals surface area contributed by atoms with Crippen LogP contribution in [0.25, 0.3) is 0 Å². The maximum Gasteiger partial charge on any atom is 0.323 e. The van der Waals surface area contributed by atoms with Crippen LogP contribution in [0.3, 0.4) is 0 Å². The SMILES string of the molecule is CNc1ccc(C#Cc2ccc(C(F)(F)C(O)(Cn3cnnn3)c3ccc(F)cc3F)nc2)cc1. The number of halogens is 4. The summed E-state index contributed by atoms with van der Waals surface area (Å²) in [4.78, 5) is 3.78. The molecule has 4 rings (SSSR count). The Kier molecular flexibility index (Phi) is 6.48. The number of tetrazole rings is 1. The number of anilines is 1. The molecule has 4 aromatic rings. The lowest BCUT2D eigenvalue weighted by atomic mass is 9.84. The van der Waals surface area contributed by atoms with E-state index in [1.165, 1.54) is 6.07 Å². The molecule has 2 aromatic heterocycles. The molecular weight excluding hydrogens is 464 g/mol. The van der Waals surface area contributed by atoms with Crippen LogP contribution in [0.5, 0.6) is 0 Å². The van der Waals surface area contributed by atoms with Gasteiger partial charge < -0.3 is 10.4 Å². The van der Waals surface area contributed by atoms with Gasteiger partial charge in [0.05, 0.1) is 6.54 Å². The van der Waals surface area contributed by atoms with Gasteiger partial charge in [-0.1, -0.05) is 11.8 Å². The first kappa shape index (κ1) is 23.8. The molecule has 2 N–H and O–H groups in total. The van der Waals surface area contributed by atoms with Gasteiger partial charge in [-0.3, -0.25) is 4.98 Å². The maximum absolute atomic E-state index is 15.7.